The van der Waals surface area contributed by atoms with Crippen molar-refractivity contribution in [2.45, 2.75) is 12.6 Å². The van der Waals surface area contributed by atoms with Gasteiger partial charge in [-0.05, 0) is 17.5 Å². The van der Waals surface area contributed by atoms with Crippen molar-refractivity contribution in [3.05, 3.63) is 46.2 Å². The zero-order valence-electron chi connectivity index (χ0n) is 11.4. The molecule has 0 aliphatic rings. The lowest BCUT2D eigenvalue weighted by atomic mass is 10.1. The number of thiophene rings is 1. The van der Waals surface area contributed by atoms with E-state index in [9.17, 15) is 5.26 Å². The van der Waals surface area contributed by atoms with E-state index in [4.69, 9.17) is 9.47 Å². The fourth-order valence-corrected chi connectivity index (χ4v) is 2.64. The van der Waals surface area contributed by atoms with Crippen LogP contribution in [0.2, 0.25) is 0 Å². The van der Waals surface area contributed by atoms with E-state index in [0.29, 0.717) is 18.0 Å². The van der Waals surface area contributed by atoms with Gasteiger partial charge in [-0.1, -0.05) is 18.2 Å². The molecule has 0 aliphatic heterocycles. The van der Waals surface area contributed by atoms with Crippen molar-refractivity contribution in [1.29, 1.82) is 5.26 Å². The molecule has 0 amide bonds. The highest BCUT2D eigenvalue weighted by atomic mass is 32.1. The van der Waals surface area contributed by atoms with Crippen LogP contribution < -0.4 is 14.8 Å². The summed E-state index contributed by atoms with van der Waals surface area (Å²) in [5.41, 5.74) is 0.783. The Balaban J connectivity index is 2.21. The summed E-state index contributed by atoms with van der Waals surface area (Å²) in [7, 11) is 3.16. The van der Waals surface area contributed by atoms with E-state index in [0.717, 1.165) is 5.56 Å². The Morgan fingerprint density at radius 2 is 2.10 bits per heavy atom. The van der Waals surface area contributed by atoms with Gasteiger partial charge in [-0.15, -0.1) is 11.3 Å². The van der Waals surface area contributed by atoms with Gasteiger partial charge in [-0.2, -0.15) is 5.26 Å². The Bertz CT molecular complexity index is 590. The van der Waals surface area contributed by atoms with Gasteiger partial charge in [-0.3, -0.25) is 5.32 Å². The van der Waals surface area contributed by atoms with E-state index in [2.05, 4.69) is 11.4 Å². The molecule has 2 aromatic rings. The minimum absolute atomic E-state index is 0.442. The van der Waals surface area contributed by atoms with E-state index in [1.54, 1.807) is 25.6 Å². The van der Waals surface area contributed by atoms with Crippen LogP contribution in [0.3, 0.4) is 0 Å². The largest absolute Gasteiger partial charge is 0.493 e. The van der Waals surface area contributed by atoms with Crippen LogP contribution in [0.15, 0.2) is 35.7 Å². The first-order chi connectivity index (χ1) is 9.80. The van der Waals surface area contributed by atoms with E-state index in [-0.39, 0.29) is 0 Å². The number of nitrogens with zero attached hydrogens (tertiary/aromatic N) is 1. The second kappa shape index (κ2) is 6.94. The van der Waals surface area contributed by atoms with Gasteiger partial charge < -0.3 is 9.47 Å². The molecule has 2 rings (SSSR count). The number of hydrogen-bond donors (Lipinski definition) is 1. The third-order valence-corrected chi connectivity index (χ3v) is 3.81. The lowest BCUT2D eigenvalue weighted by Crippen LogP contribution is -2.19. The van der Waals surface area contributed by atoms with Crippen molar-refractivity contribution < 1.29 is 9.47 Å². The molecule has 0 spiro atoms. The van der Waals surface area contributed by atoms with Crippen LogP contribution in [0.5, 0.6) is 11.5 Å². The SMILES string of the molecule is COc1cccc(C(C#N)NCc2cccs2)c1OC. The van der Waals surface area contributed by atoms with Gasteiger partial charge in [0.05, 0.1) is 20.3 Å². The number of rotatable bonds is 6. The topological polar surface area (TPSA) is 54.3 Å². The van der Waals surface area contributed by atoms with Crippen molar-refractivity contribution in [3.63, 3.8) is 0 Å². The Kier molecular flexibility index (Phi) is 4.99. The maximum absolute atomic E-state index is 9.39. The first kappa shape index (κ1) is 14.4. The molecule has 0 saturated carbocycles. The van der Waals surface area contributed by atoms with Crippen LogP contribution in [-0.2, 0) is 6.54 Å². The molecule has 0 fully saturated rings. The number of nitriles is 1. The van der Waals surface area contributed by atoms with Crippen LogP contribution in [0.25, 0.3) is 0 Å². The number of para-hydroxylation sites is 1. The second-order valence-electron chi connectivity index (χ2n) is 4.11. The summed E-state index contributed by atoms with van der Waals surface area (Å²) >= 11 is 1.66. The zero-order chi connectivity index (χ0) is 14.4. The number of nitrogens with one attached hydrogen (secondary N) is 1. The fraction of sp³-hybridized carbons (Fsp3) is 0.267. The van der Waals surface area contributed by atoms with Crippen molar-refractivity contribution in [2.24, 2.45) is 0 Å². The molecule has 1 N–H and O–H groups in total. The Morgan fingerprint density at radius 1 is 1.25 bits per heavy atom. The van der Waals surface area contributed by atoms with Gasteiger partial charge in [-0.25, -0.2) is 0 Å². The predicted molar refractivity (Wildman–Crippen MR) is 79.1 cm³/mol. The molecular weight excluding hydrogens is 272 g/mol. The summed E-state index contributed by atoms with van der Waals surface area (Å²) < 4.78 is 10.6. The lowest BCUT2D eigenvalue weighted by molar-refractivity contribution is 0.349. The highest BCUT2D eigenvalue weighted by Gasteiger charge is 2.18. The molecule has 0 aliphatic carbocycles. The average molecular weight is 288 g/mol. The minimum Gasteiger partial charge on any atom is -0.493 e. The van der Waals surface area contributed by atoms with Crippen molar-refractivity contribution in [1.82, 2.24) is 5.32 Å². The molecule has 104 valence electrons. The van der Waals surface area contributed by atoms with Gasteiger partial charge in [0.1, 0.15) is 6.04 Å². The highest BCUT2D eigenvalue weighted by Crippen LogP contribution is 2.34. The molecular formula is C15H16N2O2S. The quantitative estimate of drug-likeness (QED) is 0.887. The van der Waals surface area contributed by atoms with Gasteiger partial charge in [0.15, 0.2) is 11.5 Å². The number of hydrogen-bond acceptors (Lipinski definition) is 5. The lowest BCUT2D eigenvalue weighted by Gasteiger charge is -2.17. The number of methoxy groups -OCH3 is 2. The van der Waals surface area contributed by atoms with Crippen LogP contribution in [0.1, 0.15) is 16.5 Å². The van der Waals surface area contributed by atoms with Crippen LogP contribution in [-0.4, -0.2) is 14.2 Å². The van der Waals surface area contributed by atoms with Gasteiger partial charge in [0, 0.05) is 17.0 Å². The zero-order valence-corrected chi connectivity index (χ0v) is 12.2. The molecule has 0 bridgehead atoms. The summed E-state index contributed by atoms with van der Waals surface area (Å²) in [6, 6.07) is 11.4. The summed E-state index contributed by atoms with van der Waals surface area (Å²) in [5, 5.41) is 14.6. The molecule has 0 radical (unpaired) electrons. The first-order valence-electron chi connectivity index (χ1n) is 6.16. The van der Waals surface area contributed by atoms with E-state index in [1.807, 2.05) is 35.7 Å². The minimum atomic E-state index is -0.442. The second-order valence-corrected chi connectivity index (χ2v) is 5.14. The first-order valence-corrected chi connectivity index (χ1v) is 7.04. The fourth-order valence-electron chi connectivity index (χ4n) is 1.98. The molecule has 1 atom stereocenters. The smallest absolute Gasteiger partial charge is 0.166 e. The van der Waals surface area contributed by atoms with E-state index >= 15 is 0 Å². The molecule has 1 aromatic carbocycles. The normalized spacial score (nSPS) is 11.7. The molecule has 1 unspecified atom stereocenters. The summed E-state index contributed by atoms with van der Waals surface area (Å²) in [6.45, 7) is 0.649. The number of ether oxygens (including phenoxy) is 2. The van der Waals surface area contributed by atoms with E-state index < -0.39 is 6.04 Å². The van der Waals surface area contributed by atoms with Gasteiger partial charge >= 0.3 is 0 Å². The standard InChI is InChI=1S/C15H16N2O2S/c1-18-14-7-3-6-12(15(14)19-2)13(9-16)17-10-11-5-4-8-20-11/h3-8,13,17H,10H2,1-2H3. The van der Waals surface area contributed by atoms with Crippen LogP contribution in [0.4, 0.5) is 0 Å². The molecule has 5 heteroatoms. The molecule has 20 heavy (non-hydrogen) atoms. The molecule has 1 aromatic heterocycles. The maximum Gasteiger partial charge on any atom is 0.166 e. The van der Waals surface area contributed by atoms with Crippen molar-refractivity contribution in [2.75, 3.05) is 14.2 Å². The Hall–Kier alpha value is -2.03. The highest BCUT2D eigenvalue weighted by molar-refractivity contribution is 7.09. The van der Waals surface area contributed by atoms with Crippen LogP contribution in [0, 0.1) is 11.3 Å². The Morgan fingerprint density at radius 3 is 2.70 bits per heavy atom. The van der Waals surface area contributed by atoms with Crippen LogP contribution >= 0.6 is 11.3 Å². The van der Waals surface area contributed by atoms with Crippen molar-refractivity contribution in [3.8, 4) is 17.6 Å². The Labute approximate surface area is 122 Å². The third kappa shape index (κ3) is 3.10. The molecule has 0 saturated heterocycles. The van der Waals surface area contributed by atoms with Gasteiger partial charge in [0.2, 0.25) is 0 Å². The monoisotopic (exact) mass is 288 g/mol. The summed E-state index contributed by atoms with van der Waals surface area (Å²) in [4.78, 5) is 1.19. The average Bonchev–Trinajstić information content (AvgIpc) is 3.00. The molecule has 4 nitrogen and oxygen atoms in total. The predicted octanol–water partition coefficient (Wildman–Crippen LogP) is 3.12. The van der Waals surface area contributed by atoms with Gasteiger partial charge in [0.25, 0.3) is 0 Å². The third-order valence-electron chi connectivity index (χ3n) is 2.93. The van der Waals surface area contributed by atoms with E-state index in [1.165, 1.54) is 4.88 Å². The summed E-state index contributed by atoms with van der Waals surface area (Å²) in [6.07, 6.45) is 0. The van der Waals surface area contributed by atoms with Crippen molar-refractivity contribution >= 4 is 11.3 Å². The maximum atomic E-state index is 9.39. The summed E-state index contributed by atoms with van der Waals surface area (Å²) in [5.74, 6) is 1.23. The molecule has 1 heterocycles. The number of benzene rings is 1.